The Balaban J connectivity index is 2.02. The van der Waals surface area contributed by atoms with E-state index in [1.54, 1.807) is 0 Å². The zero-order valence-electron chi connectivity index (χ0n) is 6.36. The molecule has 1 saturated carbocycles. The fourth-order valence-corrected chi connectivity index (χ4v) is 2.84. The number of hydrogen-bond donors (Lipinski definition) is 1. The highest BCUT2D eigenvalue weighted by Crippen LogP contribution is 2.60. The number of aliphatic hydroxyl groups excluding tert-OH is 1. The zero-order valence-corrected chi connectivity index (χ0v) is 6.36. The molecule has 0 aromatic carbocycles. The van der Waals surface area contributed by atoms with Gasteiger partial charge in [-0.1, -0.05) is 12.2 Å². The third-order valence-electron chi connectivity index (χ3n) is 3.70. The molecule has 60 valence electrons. The van der Waals surface area contributed by atoms with E-state index in [9.17, 15) is 5.11 Å². The molecule has 1 saturated heterocycles. The molecule has 2 bridgehead atoms. The summed E-state index contributed by atoms with van der Waals surface area (Å²) in [7, 11) is 0. The summed E-state index contributed by atoms with van der Waals surface area (Å²) in [5.41, 5.74) is 0.138. The second-order valence-electron chi connectivity index (χ2n) is 3.94. The van der Waals surface area contributed by atoms with Crippen LogP contribution >= 0.6 is 0 Å². The van der Waals surface area contributed by atoms with Crippen molar-refractivity contribution in [1.29, 1.82) is 0 Å². The van der Waals surface area contributed by atoms with Gasteiger partial charge in [0.1, 0.15) is 0 Å². The van der Waals surface area contributed by atoms with Gasteiger partial charge >= 0.3 is 0 Å². The van der Waals surface area contributed by atoms with Gasteiger partial charge < -0.3 is 9.84 Å². The molecular weight excluding hydrogens is 140 g/mol. The number of ether oxygens (including phenoxy) is 1. The van der Waals surface area contributed by atoms with Gasteiger partial charge in [0.2, 0.25) is 0 Å². The van der Waals surface area contributed by atoms with E-state index in [0.29, 0.717) is 18.6 Å². The Morgan fingerprint density at radius 2 is 2.45 bits per heavy atom. The molecule has 0 aromatic rings. The molecule has 2 fully saturated rings. The molecule has 2 heterocycles. The van der Waals surface area contributed by atoms with Crippen molar-refractivity contribution < 1.29 is 9.84 Å². The van der Waals surface area contributed by atoms with Crippen molar-refractivity contribution in [3.8, 4) is 0 Å². The average molecular weight is 152 g/mol. The normalized spacial score (nSPS) is 57.7. The Labute approximate surface area is 65.9 Å². The molecule has 3 rings (SSSR count). The summed E-state index contributed by atoms with van der Waals surface area (Å²) in [4.78, 5) is 0. The third-order valence-corrected chi connectivity index (χ3v) is 3.70. The van der Waals surface area contributed by atoms with Crippen LogP contribution in [0.1, 0.15) is 12.8 Å². The van der Waals surface area contributed by atoms with Crippen molar-refractivity contribution in [3.63, 3.8) is 0 Å². The lowest BCUT2D eigenvalue weighted by molar-refractivity contribution is -0.0205. The molecule has 2 heteroatoms. The molecule has 3 aliphatic rings. The number of rotatable bonds is 1. The summed E-state index contributed by atoms with van der Waals surface area (Å²) in [6, 6.07) is 0. The highest BCUT2D eigenvalue weighted by atomic mass is 16.5. The molecule has 11 heavy (non-hydrogen) atoms. The Hall–Kier alpha value is -0.340. The van der Waals surface area contributed by atoms with Crippen molar-refractivity contribution >= 4 is 0 Å². The molecule has 4 atom stereocenters. The fraction of sp³-hybridized carbons (Fsp3) is 0.778. The number of fused-ring (bicyclic) bond motifs is 5. The second-order valence-corrected chi connectivity index (χ2v) is 3.94. The SMILES string of the molecule is OC[C@]12CC[C@H]1[C@@H]1C=C[C@H]2O1. The van der Waals surface area contributed by atoms with E-state index in [-0.39, 0.29) is 11.5 Å². The van der Waals surface area contributed by atoms with Crippen LogP contribution in [0.15, 0.2) is 12.2 Å². The van der Waals surface area contributed by atoms with Gasteiger partial charge in [-0.15, -0.1) is 0 Å². The van der Waals surface area contributed by atoms with Gasteiger partial charge in [0.25, 0.3) is 0 Å². The van der Waals surface area contributed by atoms with E-state index < -0.39 is 0 Å². The molecule has 0 aromatic heterocycles. The first-order valence-corrected chi connectivity index (χ1v) is 4.31. The lowest BCUT2D eigenvalue weighted by Gasteiger charge is -2.47. The molecule has 2 nitrogen and oxygen atoms in total. The maximum atomic E-state index is 9.26. The predicted molar refractivity (Wildman–Crippen MR) is 40.0 cm³/mol. The minimum Gasteiger partial charge on any atom is -0.396 e. The molecule has 0 spiro atoms. The van der Waals surface area contributed by atoms with Gasteiger partial charge in [0.15, 0.2) is 0 Å². The molecule has 0 amide bonds. The van der Waals surface area contributed by atoms with Gasteiger partial charge in [0.05, 0.1) is 18.8 Å². The summed E-state index contributed by atoms with van der Waals surface area (Å²) < 4.78 is 5.68. The van der Waals surface area contributed by atoms with E-state index in [1.807, 2.05) is 0 Å². The van der Waals surface area contributed by atoms with Gasteiger partial charge in [-0.3, -0.25) is 0 Å². The highest BCUT2D eigenvalue weighted by Gasteiger charge is 2.62. The van der Waals surface area contributed by atoms with Crippen LogP contribution in [0, 0.1) is 11.3 Å². The van der Waals surface area contributed by atoms with Crippen LogP contribution in [-0.4, -0.2) is 23.9 Å². The number of aliphatic hydroxyl groups is 1. The average Bonchev–Trinajstić information content (AvgIpc) is 2.43. The second kappa shape index (κ2) is 1.70. The standard InChI is InChI=1S/C9H12O2/c10-5-9-4-3-6(9)7-1-2-8(9)11-7/h1-2,6-8,10H,3-5H2/t6-,7-,8+,9+/m0/s1. The summed E-state index contributed by atoms with van der Waals surface area (Å²) in [5, 5.41) is 9.26. The summed E-state index contributed by atoms with van der Waals surface area (Å²) >= 11 is 0. The van der Waals surface area contributed by atoms with Crippen LogP contribution in [0.4, 0.5) is 0 Å². The van der Waals surface area contributed by atoms with Crippen molar-refractivity contribution in [3.05, 3.63) is 12.2 Å². The van der Waals surface area contributed by atoms with Gasteiger partial charge in [-0.05, 0) is 18.8 Å². The Bertz CT molecular complexity index is 220. The third kappa shape index (κ3) is 0.500. The van der Waals surface area contributed by atoms with Crippen LogP contribution in [0.3, 0.4) is 0 Å². The minimum atomic E-state index is 0.138. The fourth-order valence-electron chi connectivity index (χ4n) is 2.84. The quantitative estimate of drug-likeness (QED) is 0.561. The van der Waals surface area contributed by atoms with E-state index in [2.05, 4.69) is 12.2 Å². The Morgan fingerprint density at radius 1 is 1.55 bits per heavy atom. The van der Waals surface area contributed by atoms with Gasteiger partial charge in [-0.25, -0.2) is 0 Å². The molecule has 1 N–H and O–H groups in total. The lowest BCUT2D eigenvalue weighted by atomic mass is 9.56. The maximum absolute atomic E-state index is 9.26. The van der Waals surface area contributed by atoms with Crippen LogP contribution in [0.25, 0.3) is 0 Å². The summed E-state index contributed by atoms with van der Waals surface area (Å²) in [6.07, 6.45) is 7.24. The molecule has 0 unspecified atom stereocenters. The molecule has 1 aliphatic carbocycles. The van der Waals surface area contributed by atoms with Crippen LogP contribution in [0.5, 0.6) is 0 Å². The first-order chi connectivity index (χ1) is 5.37. The largest absolute Gasteiger partial charge is 0.396 e. The number of hydrogen-bond acceptors (Lipinski definition) is 2. The lowest BCUT2D eigenvalue weighted by Crippen LogP contribution is -2.49. The van der Waals surface area contributed by atoms with Crippen molar-refractivity contribution in [2.75, 3.05) is 6.61 Å². The smallest absolute Gasteiger partial charge is 0.0846 e. The maximum Gasteiger partial charge on any atom is 0.0846 e. The monoisotopic (exact) mass is 152 g/mol. The Morgan fingerprint density at radius 3 is 2.91 bits per heavy atom. The van der Waals surface area contributed by atoms with Crippen LogP contribution < -0.4 is 0 Å². The van der Waals surface area contributed by atoms with Crippen LogP contribution in [0.2, 0.25) is 0 Å². The predicted octanol–water partition coefficient (Wildman–Crippen LogP) is 0.712. The first-order valence-electron chi connectivity index (χ1n) is 4.31. The van der Waals surface area contributed by atoms with Crippen molar-refractivity contribution in [2.24, 2.45) is 11.3 Å². The van der Waals surface area contributed by atoms with E-state index in [0.717, 1.165) is 6.42 Å². The van der Waals surface area contributed by atoms with Crippen molar-refractivity contribution in [2.45, 2.75) is 25.0 Å². The summed E-state index contributed by atoms with van der Waals surface area (Å²) in [6.45, 7) is 0.309. The molecule has 2 aliphatic heterocycles. The van der Waals surface area contributed by atoms with E-state index in [1.165, 1.54) is 6.42 Å². The minimum absolute atomic E-state index is 0.138. The zero-order chi connectivity index (χ0) is 7.47. The van der Waals surface area contributed by atoms with Gasteiger partial charge in [-0.2, -0.15) is 0 Å². The van der Waals surface area contributed by atoms with Crippen LogP contribution in [-0.2, 0) is 4.74 Å². The molecule has 0 radical (unpaired) electrons. The highest BCUT2D eigenvalue weighted by molar-refractivity contribution is 5.23. The van der Waals surface area contributed by atoms with Gasteiger partial charge in [0, 0.05) is 5.41 Å². The van der Waals surface area contributed by atoms with E-state index >= 15 is 0 Å². The Kier molecular flexibility index (Phi) is 0.958. The first kappa shape index (κ1) is 6.21. The van der Waals surface area contributed by atoms with E-state index in [4.69, 9.17) is 4.74 Å². The molecular formula is C9H12O2. The topological polar surface area (TPSA) is 29.5 Å². The summed E-state index contributed by atoms with van der Waals surface area (Å²) in [5.74, 6) is 0.627. The van der Waals surface area contributed by atoms with Crippen molar-refractivity contribution in [1.82, 2.24) is 0 Å².